The second-order valence-electron chi connectivity index (χ2n) is 4.83. The minimum atomic E-state index is -2.96. The highest BCUT2D eigenvalue weighted by molar-refractivity contribution is 7.91. The lowest BCUT2D eigenvalue weighted by Gasteiger charge is -2.27. The summed E-state index contributed by atoms with van der Waals surface area (Å²) in [6, 6.07) is -0.153. The lowest BCUT2D eigenvalue weighted by atomic mass is 10.2. The quantitative estimate of drug-likeness (QED) is 0.553. The number of carbonyl (C=O) groups is 1. The summed E-state index contributed by atoms with van der Waals surface area (Å²) in [6.45, 7) is 4.58. The SMILES string of the molecule is C/C=C/C=C/C(=O)N(CCCC)C1CCS(=O)(=O)C1. The summed E-state index contributed by atoms with van der Waals surface area (Å²) in [4.78, 5) is 13.8. The van der Waals surface area contributed by atoms with Crippen LogP contribution in [0.2, 0.25) is 0 Å². The van der Waals surface area contributed by atoms with Gasteiger partial charge in [0.25, 0.3) is 0 Å². The molecule has 0 aromatic heterocycles. The van der Waals surface area contributed by atoms with Gasteiger partial charge in [-0.2, -0.15) is 0 Å². The molecule has 1 amide bonds. The van der Waals surface area contributed by atoms with Gasteiger partial charge in [0.2, 0.25) is 5.91 Å². The molecule has 1 fully saturated rings. The van der Waals surface area contributed by atoms with E-state index in [1.807, 2.05) is 13.0 Å². The lowest BCUT2D eigenvalue weighted by Crippen LogP contribution is -2.40. The average molecular weight is 285 g/mol. The predicted octanol–water partition coefficient (Wildman–Crippen LogP) is 1.93. The van der Waals surface area contributed by atoms with Gasteiger partial charge in [-0.15, -0.1) is 0 Å². The largest absolute Gasteiger partial charge is 0.335 e. The molecule has 5 heteroatoms. The first-order valence-electron chi connectivity index (χ1n) is 6.80. The van der Waals surface area contributed by atoms with Crippen LogP contribution in [-0.2, 0) is 14.6 Å². The van der Waals surface area contributed by atoms with E-state index in [1.54, 1.807) is 17.1 Å². The molecule has 1 unspecified atom stereocenters. The Balaban J connectivity index is 2.74. The molecule has 1 aliphatic rings. The third kappa shape index (κ3) is 5.19. The molecule has 0 aromatic carbocycles. The zero-order chi connectivity index (χ0) is 14.3. The Hall–Kier alpha value is -1.10. The van der Waals surface area contributed by atoms with E-state index in [-0.39, 0.29) is 23.5 Å². The Morgan fingerprint density at radius 1 is 1.37 bits per heavy atom. The van der Waals surface area contributed by atoms with Gasteiger partial charge in [-0.05, 0) is 19.8 Å². The van der Waals surface area contributed by atoms with Crippen molar-refractivity contribution < 1.29 is 13.2 Å². The summed E-state index contributed by atoms with van der Waals surface area (Å²) < 4.78 is 23.1. The average Bonchev–Trinajstić information content (AvgIpc) is 2.70. The fourth-order valence-electron chi connectivity index (χ4n) is 2.17. The smallest absolute Gasteiger partial charge is 0.246 e. The Labute approximate surface area is 116 Å². The van der Waals surface area contributed by atoms with Crippen LogP contribution in [0.15, 0.2) is 24.3 Å². The molecular weight excluding hydrogens is 262 g/mol. The highest BCUT2D eigenvalue weighted by Gasteiger charge is 2.33. The number of allylic oxidation sites excluding steroid dienone is 3. The molecule has 0 aliphatic carbocycles. The number of rotatable bonds is 6. The number of unbranched alkanes of at least 4 members (excludes halogenated alkanes) is 1. The lowest BCUT2D eigenvalue weighted by molar-refractivity contribution is -0.127. The molecule has 0 bridgehead atoms. The molecule has 4 nitrogen and oxygen atoms in total. The molecule has 1 heterocycles. The van der Waals surface area contributed by atoms with Crippen molar-refractivity contribution in [1.82, 2.24) is 4.90 Å². The zero-order valence-electron chi connectivity index (χ0n) is 11.7. The fraction of sp³-hybridized carbons (Fsp3) is 0.643. The van der Waals surface area contributed by atoms with E-state index in [1.165, 1.54) is 6.08 Å². The molecule has 1 atom stereocenters. The second-order valence-corrected chi connectivity index (χ2v) is 7.06. The van der Waals surface area contributed by atoms with Gasteiger partial charge in [0, 0.05) is 18.7 Å². The van der Waals surface area contributed by atoms with Crippen LogP contribution >= 0.6 is 0 Å². The van der Waals surface area contributed by atoms with Gasteiger partial charge >= 0.3 is 0 Å². The number of nitrogens with zero attached hydrogens (tertiary/aromatic N) is 1. The van der Waals surface area contributed by atoms with Crippen molar-refractivity contribution >= 4 is 15.7 Å². The van der Waals surface area contributed by atoms with E-state index in [0.717, 1.165) is 12.8 Å². The van der Waals surface area contributed by atoms with E-state index < -0.39 is 9.84 Å². The minimum absolute atomic E-state index is 0.0892. The van der Waals surface area contributed by atoms with Crippen LogP contribution in [-0.4, -0.2) is 43.3 Å². The number of carbonyl (C=O) groups excluding carboxylic acids is 1. The van der Waals surface area contributed by atoms with Crippen LogP contribution in [0, 0.1) is 0 Å². The van der Waals surface area contributed by atoms with Crippen molar-refractivity contribution in [3.05, 3.63) is 24.3 Å². The minimum Gasteiger partial charge on any atom is -0.335 e. The number of hydrogen-bond acceptors (Lipinski definition) is 3. The van der Waals surface area contributed by atoms with Crippen molar-refractivity contribution in [3.8, 4) is 0 Å². The van der Waals surface area contributed by atoms with Gasteiger partial charge in [-0.25, -0.2) is 8.42 Å². The monoisotopic (exact) mass is 285 g/mol. The van der Waals surface area contributed by atoms with E-state index >= 15 is 0 Å². The van der Waals surface area contributed by atoms with Crippen molar-refractivity contribution in [2.24, 2.45) is 0 Å². The molecule has 0 spiro atoms. The van der Waals surface area contributed by atoms with E-state index in [2.05, 4.69) is 6.92 Å². The molecule has 0 radical (unpaired) electrons. The van der Waals surface area contributed by atoms with Crippen LogP contribution in [0.25, 0.3) is 0 Å². The summed E-state index contributed by atoms with van der Waals surface area (Å²) in [5.74, 6) is 0.222. The summed E-state index contributed by atoms with van der Waals surface area (Å²) in [5.41, 5.74) is 0. The van der Waals surface area contributed by atoms with Crippen LogP contribution in [0.3, 0.4) is 0 Å². The normalized spacial score (nSPS) is 22.3. The highest BCUT2D eigenvalue weighted by Crippen LogP contribution is 2.18. The van der Waals surface area contributed by atoms with Crippen LogP contribution in [0.1, 0.15) is 33.1 Å². The van der Waals surface area contributed by atoms with Gasteiger partial charge in [0.1, 0.15) is 0 Å². The van der Waals surface area contributed by atoms with Gasteiger partial charge in [-0.1, -0.05) is 31.6 Å². The standard InChI is InChI=1S/C14H23NO3S/c1-3-5-7-8-14(16)15(10-6-4-2)13-9-11-19(17,18)12-13/h3,5,7-8,13H,4,6,9-12H2,1-2H3/b5-3+,8-7+. The van der Waals surface area contributed by atoms with Crippen molar-refractivity contribution in [3.63, 3.8) is 0 Å². The van der Waals surface area contributed by atoms with E-state index in [4.69, 9.17) is 0 Å². The Bertz CT molecular complexity index is 451. The topological polar surface area (TPSA) is 54.5 Å². The molecule has 1 rings (SSSR count). The first kappa shape index (κ1) is 16.0. The Morgan fingerprint density at radius 3 is 2.63 bits per heavy atom. The van der Waals surface area contributed by atoms with Gasteiger partial charge in [0.15, 0.2) is 9.84 Å². The number of sulfone groups is 1. The highest BCUT2D eigenvalue weighted by atomic mass is 32.2. The van der Waals surface area contributed by atoms with Gasteiger partial charge in [0.05, 0.1) is 11.5 Å². The molecular formula is C14H23NO3S. The maximum Gasteiger partial charge on any atom is 0.246 e. The Kier molecular flexibility index (Phi) is 6.28. The van der Waals surface area contributed by atoms with Crippen LogP contribution < -0.4 is 0 Å². The van der Waals surface area contributed by atoms with E-state index in [0.29, 0.717) is 13.0 Å². The fourth-order valence-corrected chi connectivity index (χ4v) is 3.90. The summed E-state index contributed by atoms with van der Waals surface area (Å²) in [5, 5.41) is 0. The molecule has 0 saturated carbocycles. The zero-order valence-corrected chi connectivity index (χ0v) is 12.5. The second kappa shape index (κ2) is 7.48. The molecule has 1 saturated heterocycles. The van der Waals surface area contributed by atoms with Crippen molar-refractivity contribution in [2.75, 3.05) is 18.1 Å². The summed E-state index contributed by atoms with van der Waals surface area (Å²) >= 11 is 0. The first-order valence-corrected chi connectivity index (χ1v) is 8.62. The number of hydrogen-bond donors (Lipinski definition) is 0. The first-order chi connectivity index (χ1) is 9.00. The van der Waals surface area contributed by atoms with Crippen LogP contribution in [0.4, 0.5) is 0 Å². The number of amides is 1. The van der Waals surface area contributed by atoms with Crippen molar-refractivity contribution in [2.45, 2.75) is 39.2 Å². The maximum absolute atomic E-state index is 12.1. The third-order valence-corrected chi connectivity index (χ3v) is 4.98. The third-order valence-electron chi connectivity index (χ3n) is 3.23. The molecule has 0 N–H and O–H groups in total. The summed E-state index contributed by atoms with van der Waals surface area (Å²) in [7, 11) is -2.96. The van der Waals surface area contributed by atoms with E-state index in [9.17, 15) is 13.2 Å². The molecule has 1 aliphatic heterocycles. The van der Waals surface area contributed by atoms with Crippen LogP contribution in [0.5, 0.6) is 0 Å². The van der Waals surface area contributed by atoms with Gasteiger partial charge in [-0.3, -0.25) is 4.79 Å². The Morgan fingerprint density at radius 2 is 2.11 bits per heavy atom. The molecule has 19 heavy (non-hydrogen) atoms. The maximum atomic E-state index is 12.1. The predicted molar refractivity (Wildman–Crippen MR) is 77.6 cm³/mol. The van der Waals surface area contributed by atoms with Gasteiger partial charge < -0.3 is 4.90 Å². The summed E-state index contributed by atoms with van der Waals surface area (Å²) in [6.07, 6.45) is 9.31. The molecule has 0 aromatic rings. The van der Waals surface area contributed by atoms with Crippen molar-refractivity contribution in [1.29, 1.82) is 0 Å². The molecule has 108 valence electrons.